The quantitative estimate of drug-likeness (QED) is 0.583. The third-order valence-electron chi connectivity index (χ3n) is 2.82. The van der Waals surface area contributed by atoms with Gasteiger partial charge in [0, 0.05) is 11.8 Å². The molecule has 0 aliphatic carbocycles. The average molecular weight is 441 g/mol. The molecule has 0 fully saturated rings. The van der Waals surface area contributed by atoms with E-state index in [0.29, 0.717) is 16.8 Å². The van der Waals surface area contributed by atoms with Crippen molar-refractivity contribution < 1.29 is 39.1 Å². The summed E-state index contributed by atoms with van der Waals surface area (Å²) in [5.41, 5.74) is 0.903. The maximum atomic E-state index is 12.4. The Morgan fingerprint density at radius 3 is 2.17 bits per heavy atom. The summed E-state index contributed by atoms with van der Waals surface area (Å²) < 4.78 is 37.2. The number of hydrogen-bond acceptors (Lipinski definition) is 2. The molecule has 0 heterocycles. The number of phenols is 1. The number of aromatic hydroxyl groups is 1. The summed E-state index contributed by atoms with van der Waals surface area (Å²) in [6.45, 7) is 1.75. The van der Waals surface area contributed by atoms with E-state index in [0.717, 1.165) is 12.1 Å². The third-order valence-corrected chi connectivity index (χ3v) is 2.82. The van der Waals surface area contributed by atoms with Crippen LogP contribution in [0.25, 0.3) is 0 Å². The van der Waals surface area contributed by atoms with Gasteiger partial charge < -0.3 is 5.11 Å². The molecule has 0 saturated heterocycles. The van der Waals surface area contributed by atoms with Crippen LogP contribution in [0, 0.1) is 6.92 Å². The van der Waals surface area contributed by atoms with Crippen molar-refractivity contribution in [2.45, 2.75) is 13.1 Å². The summed E-state index contributed by atoms with van der Waals surface area (Å²) in [7, 11) is 9.87. The van der Waals surface area contributed by atoms with Crippen LogP contribution in [-0.2, 0) is 27.0 Å². The Hall–Kier alpha value is -0.837. The first kappa shape index (κ1) is 20.2. The number of hydrogen-bond donors (Lipinski definition) is 1. The van der Waals surface area contributed by atoms with Crippen molar-refractivity contribution in [2.24, 2.45) is 4.99 Å². The van der Waals surface area contributed by atoms with E-state index in [1.54, 1.807) is 25.1 Å². The zero-order valence-corrected chi connectivity index (χ0v) is 15.9. The zero-order valence-electron chi connectivity index (χ0n) is 11.9. The SMILES string of the molecule is Cc1cccc(C=Nc2ccc(C(F)(F)F)cc2)c1O.[Cl][Zr][Cl]. The minimum atomic E-state index is -4.35. The molecule has 0 saturated carbocycles. The molecule has 0 atom stereocenters. The van der Waals surface area contributed by atoms with Crippen molar-refractivity contribution in [3.8, 4) is 5.75 Å². The van der Waals surface area contributed by atoms with Crippen LogP contribution >= 0.6 is 17.0 Å². The normalized spacial score (nSPS) is 11.0. The molecule has 23 heavy (non-hydrogen) atoms. The van der Waals surface area contributed by atoms with Crippen molar-refractivity contribution in [3.63, 3.8) is 0 Å². The fourth-order valence-electron chi connectivity index (χ4n) is 1.67. The molecule has 0 aliphatic rings. The van der Waals surface area contributed by atoms with Crippen molar-refractivity contribution >= 4 is 28.9 Å². The van der Waals surface area contributed by atoms with Gasteiger partial charge in [-0.3, -0.25) is 4.99 Å². The molecule has 0 bridgehead atoms. The van der Waals surface area contributed by atoms with Gasteiger partial charge >= 0.3 is 44.1 Å². The first-order chi connectivity index (χ1) is 10.8. The van der Waals surface area contributed by atoms with Crippen LogP contribution in [0.5, 0.6) is 5.75 Å². The molecule has 8 heteroatoms. The molecule has 0 spiro atoms. The third kappa shape index (κ3) is 6.66. The standard InChI is InChI=1S/C15H12F3NO.2ClH.Zr/c1-10-3-2-4-11(14(10)20)9-19-13-7-5-12(6-8-13)15(16,17)18;;;/h2-9,20H,1H3;2*1H;/q;;;+2/p-2. The van der Waals surface area contributed by atoms with E-state index in [9.17, 15) is 18.3 Å². The van der Waals surface area contributed by atoms with Crippen molar-refractivity contribution in [3.05, 3.63) is 59.2 Å². The van der Waals surface area contributed by atoms with E-state index in [4.69, 9.17) is 17.0 Å². The summed E-state index contributed by atoms with van der Waals surface area (Å²) in [6.07, 6.45) is -2.93. The molecule has 0 amide bonds. The number of halogens is 5. The Bertz CT molecular complexity index is 661. The number of phenolic OH excluding ortho intramolecular Hbond substituents is 1. The van der Waals surface area contributed by atoms with Gasteiger partial charge in [0.1, 0.15) is 5.75 Å². The van der Waals surface area contributed by atoms with Crippen molar-refractivity contribution in [1.29, 1.82) is 0 Å². The Balaban J connectivity index is 0.000000816. The zero-order chi connectivity index (χ0) is 17.5. The van der Waals surface area contributed by atoms with E-state index < -0.39 is 32.6 Å². The van der Waals surface area contributed by atoms with E-state index in [2.05, 4.69) is 4.99 Å². The van der Waals surface area contributed by atoms with Gasteiger partial charge in [-0.25, -0.2) is 0 Å². The second kappa shape index (κ2) is 9.46. The molecule has 2 rings (SSSR count). The number of aryl methyl sites for hydroxylation is 1. The van der Waals surface area contributed by atoms with E-state index in [1.165, 1.54) is 18.3 Å². The Kier molecular flexibility index (Phi) is 8.31. The molecule has 0 aromatic heterocycles. The van der Waals surface area contributed by atoms with E-state index in [-0.39, 0.29) is 5.75 Å². The molecule has 2 aromatic carbocycles. The second-order valence-electron chi connectivity index (χ2n) is 4.39. The van der Waals surface area contributed by atoms with E-state index >= 15 is 0 Å². The number of aliphatic imine (C=N–C) groups is 1. The van der Waals surface area contributed by atoms with Gasteiger partial charge in [0.05, 0.1) is 11.3 Å². The van der Waals surface area contributed by atoms with Crippen molar-refractivity contribution in [2.75, 3.05) is 0 Å². The molecule has 1 N–H and O–H groups in total. The number of rotatable bonds is 2. The summed E-state index contributed by atoms with van der Waals surface area (Å²) in [6, 6.07) is 9.72. The molecule has 0 unspecified atom stereocenters. The van der Waals surface area contributed by atoms with Gasteiger partial charge in [-0.05, 0) is 42.8 Å². The monoisotopic (exact) mass is 439 g/mol. The molecule has 2 nitrogen and oxygen atoms in total. The molecule has 122 valence electrons. The molecule has 0 radical (unpaired) electrons. The molecular formula is C15H12Cl2F3NOZr. The minimum absolute atomic E-state index is 0.114. The Labute approximate surface area is 150 Å². The number of nitrogens with zero attached hydrogens (tertiary/aromatic N) is 1. The van der Waals surface area contributed by atoms with Gasteiger partial charge in [-0.15, -0.1) is 0 Å². The Morgan fingerprint density at radius 1 is 1.09 bits per heavy atom. The number of alkyl halides is 3. The van der Waals surface area contributed by atoms with Gasteiger partial charge in [0.2, 0.25) is 0 Å². The van der Waals surface area contributed by atoms with Gasteiger partial charge in [-0.1, -0.05) is 12.1 Å². The van der Waals surface area contributed by atoms with Crippen LogP contribution in [0.2, 0.25) is 0 Å². The summed E-state index contributed by atoms with van der Waals surface area (Å²) in [4.78, 5) is 4.05. The van der Waals surface area contributed by atoms with Crippen LogP contribution in [0.15, 0.2) is 47.5 Å². The van der Waals surface area contributed by atoms with Crippen LogP contribution in [0.4, 0.5) is 18.9 Å². The summed E-state index contributed by atoms with van der Waals surface area (Å²) in [5.74, 6) is 0.114. The van der Waals surface area contributed by atoms with Crippen LogP contribution < -0.4 is 0 Å². The predicted octanol–water partition coefficient (Wildman–Crippen LogP) is 5.85. The predicted molar refractivity (Wildman–Crippen MR) is 83.2 cm³/mol. The van der Waals surface area contributed by atoms with Crippen LogP contribution in [0.3, 0.4) is 0 Å². The fourth-order valence-corrected chi connectivity index (χ4v) is 1.67. The molecular weight excluding hydrogens is 429 g/mol. The fraction of sp³-hybridized carbons (Fsp3) is 0.133. The first-order valence-electron chi connectivity index (χ1n) is 6.25. The average Bonchev–Trinajstić information content (AvgIpc) is 2.49. The van der Waals surface area contributed by atoms with Crippen LogP contribution in [-0.4, -0.2) is 11.3 Å². The number of benzene rings is 2. The summed E-state index contributed by atoms with van der Waals surface area (Å²) >= 11 is -0.826. The molecule has 0 aliphatic heterocycles. The second-order valence-corrected chi connectivity index (χ2v) is 8.12. The van der Waals surface area contributed by atoms with Gasteiger partial charge in [0.15, 0.2) is 0 Å². The maximum absolute atomic E-state index is 12.4. The topological polar surface area (TPSA) is 32.6 Å². The van der Waals surface area contributed by atoms with Gasteiger partial charge in [0.25, 0.3) is 0 Å². The number of para-hydroxylation sites is 1. The van der Waals surface area contributed by atoms with Gasteiger partial charge in [-0.2, -0.15) is 13.2 Å². The van der Waals surface area contributed by atoms with E-state index in [1.807, 2.05) is 0 Å². The first-order valence-corrected chi connectivity index (χ1v) is 12.6. The Morgan fingerprint density at radius 2 is 1.65 bits per heavy atom. The summed E-state index contributed by atoms with van der Waals surface area (Å²) in [5, 5.41) is 9.79. The van der Waals surface area contributed by atoms with Crippen molar-refractivity contribution in [1.82, 2.24) is 0 Å². The molecule has 2 aromatic rings. The van der Waals surface area contributed by atoms with Crippen LogP contribution in [0.1, 0.15) is 16.7 Å².